The highest BCUT2D eigenvalue weighted by Gasteiger charge is 2.01. The normalized spacial score (nSPS) is 10.1. The van der Waals surface area contributed by atoms with E-state index in [9.17, 15) is 4.79 Å². The molecule has 0 saturated heterocycles. The van der Waals surface area contributed by atoms with Crippen molar-refractivity contribution in [3.8, 4) is 5.82 Å². The van der Waals surface area contributed by atoms with Crippen molar-refractivity contribution in [3.05, 3.63) is 35.5 Å². The van der Waals surface area contributed by atoms with Crippen LogP contribution < -0.4 is 0 Å². The fourth-order valence-corrected chi connectivity index (χ4v) is 1.11. The van der Waals surface area contributed by atoms with Crippen LogP contribution in [0.2, 0.25) is 5.15 Å². The second-order valence-electron chi connectivity index (χ2n) is 2.54. The zero-order valence-corrected chi connectivity index (χ0v) is 7.72. The van der Waals surface area contributed by atoms with E-state index in [1.165, 1.54) is 23.3 Å². The van der Waals surface area contributed by atoms with Crippen molar-refractivity contribution in [1.82, 2.24) is 19.7 Å². The molecular formula is C8H5ClN4O. The van der Waals surface area contributed by atoms with Crippen molar-refractivity contribution in [2.75, 3.05) is 0 Å². The summed E-state index contributed by atoms with van der Waals surface area (Å²) < 4.78 is 1.43. The first-order valence-corrected chi connectivity index (χ1v) is 4.15. The molecule has 2 aromatic heterocycles. The average molecular weight is 209 g/mol. The molecule has 0 saturated carbocycles. The van der Waals surface area contributed by atoms with Gasteiger partial charge in [0, 0.05) is 6.20 Å². The molecule has 0 radical (unpaired) electrons. The first-order valence-electron chi connectivity index (χ1n) is 3.77. The van der Waals surface area contributed by atoms with Crippen LogP contribution in [0.1, 0.15) is 10.4 Å². The molecule has 0 unspecified atom stereocenters. The van der Waals surface area contributed by atoms with Crippen molar-refractivity contribution in [2.45, 2.75) is 0 Å². The van der Waals surface area contributed by atoms with E-state index in [-0.39, 0.29) is 5.15 Å². The van der Waals surface area contributed by atoms with Crippen LogP contribution in [0.3, 0.4) is 0 Å². The summed E-state index contributed by atoms with van der Waals surface area (Å²) in [5.74, 6) is 0.477. The number of hydrogen-bond donors (Lipinski definition) is 0. The maximum absolute atomic E-state index is 10.4. The van der Waals surface area contributed by atoms with Gasteiger partial charge in [-0.25, -0.2) is 9.67 Å². The molecule has 0 aromatic carbocycles. The molecule has 2 rings (SSSR count). The lowest BCUT2D eigenvalue weighted by Gasteiger charge is -1.97. The van der Waals surface area contributed by atoms with Gasteiger partial charge in [0.1, 0.15) is 5.15 Å². The van der Waals surface area contributed by atoms with E-state index in [0.29, 0.717) is 17.7 Å². The van der Waals surface area contributed by atoms with Crippen molar-refractivity contribution in [3.63, 3.8) is 0 Å². The predicted octanol–water partition coefficient (Wildman–Crippen LogP) is 1.13. The van der Waals surface area contributed by atoms with Gasteiger partial charge in [-0.2, -0.15) is 5.10 Å². The summed E-state index contributed by atoms with van der Waals surface area (Å²) in [4.78, 5) is 18.2. The van der Waals surface area contributed by atoms with Crippen LogP contribution in [0, 0.1) is 0 Å². The Labute approximate surface area is 84.4 Å². The smallest absolute Gasteiger partial charge is 0.173 e. The number of carbonyl (C=O) groups is 1. The van der Waals surface area contributed by atoms with Gasteiger partial charge in [-0.1, -0.05) is 11.6 Å². The number of aldehydes is 1. The molecular weight excluding hydrogens is 204 g/mol. The summed E-state index contributed by atoms with van der Waals surface area (Å²) in [6.07, 6.45) is 6.63. The second kappa shape index (κ2) is 3.55. The molecule has 0 aliphatic carbocycles. The SMILES string of the molecule is O=Cc1cnn(-c2cncc(Cl)n2)c1. The topological polar surface area (TPSA) is 60.7 Å². The minimum atomic E-state index is 0.283. The van der Waals surface area contributed by atoms with Crippen LogP contribution in [-0.2, 0) is 0 Å². The highest BCUT2D eigenvalue weighted by molar-refractivity contribution is 6.29. The van der Waals surface area contributed by atoms with Crippen LogP contribution in [-0.4, -0.2) is 26.0 Å². The van der Waals surface area contributed by atoms with E-state index < -0.39 is 0 Å². The Balaban J connectivity index is 2.43. The number of aromatic nitrogens is 4. The maximum atomic E-state index is 10.4. The highest BCUT2D eigenvalue weighted by Crippen LogP contribution is 2.06. The van der Waals surface area contributed by atoms with Gasteiger partial charge in [0.15, 0.2) is 12.1 Å². The summed E-state index contributed by atoms with van der Waals surface area (Å²) in [5.41, 5.74) is 0.478. The first-order chi connectivity index (χ1) is 6.79. The van der Waals surface area contributed by atoms with Gasteiger partial charge in [0.25, 0.3) is 0 Å². The number of nitrogens with zero attached hydrogens (tertiary/aromatic N) is 4. The van der Waals surface area contributed by atoms with E-state index in [2.05, 4.69) is 15.1 Å². The molecule has 0 N–H and O–H groups in total. The Bertz CT molecular complexity index is 468. The van der Waals surface area contributed by atoms with Gasteiger partial charge in [0.2, 0.25) is 0 Å². The van der Waals surface area contributed by atoms with Gasteiger partial charge < -0.3 is 0 Å². The number of carbonyl (C=O) groups excluding carboxylic acids is 1. The lowest BCUT2D eigenvalue weighted by atomic mass is 10.4. The molecule has 0 fully saturated rings. The Morgan fingerprint density at radius 3 is 2.86 bits per heavy atom. The molecule has 2 heterocycles. The van der Waals surface area contributed by atoms with Crippen molar-refractivity contribution >= 4 is 17.9 Å². The summed E-state index contributed by atoms with van der Waals surface area (Å²) in [6, 6.07) is 0. The minimum Gasteiger partial charge on any atom is -0.298 e. The van der Waals surface area contributed by atoms with E-state index in [0.717, 1.165) is 0 Å². The zero-order chi connectivity index (χ0) is 9.97. The lowest BCUT2D eigenvalue weighted by Crippen LogP contribution is -1.98. The van der Waals surface area contributed by atoms with Gasteiger partial charge in [0.05, 0.1) is 24.2 Å². The molecule has 0 aliphatic rings. The number of rotatable bonds is 2. The van der Waals surface area contributed by atoms with Crippen molar-refractivity contribution in [2.24, 2.45) is 0 Å². The van der Waals surface area contributed by atoms with E-state index in [1.54, 1.807) is 6.20 Å². The average Bonchev–Trinajstić information content (AvgIpc) is 2.66. The molecule has 0 amide bonds. The number of halogens is 1. The Morgan fingerprint density at radius 1 is 1.36 bits per heavy atom. The summed E-state index contributed by atoms with van der Waals surface area (Å²) >= 11 is 5.65. The van der Waals surface area contributed by atoms with E-state index in [1.807, 2.05) is 0 Å². The zero-order valence-electron chi connectivity index (χ0n) is 6.96. The fraction of sp³-hybridized carbons (Fsp3) is 0. The van der Waals surface area contributed by atoms with Crippen molar-refractivity contribution < 1.29 is 4.79 Å². The Kier molecular flexibility index (Phi) is 2.24. The fourth-order valence-electron chi connectivity index (χ4n) is 0.966. The summed E-state index contributed by atoms with van der Waals surface area (Å²) in [5, 5.41) is 4.21. The van der Waals surface area contributed by atoms with Gasteiger partial charge in [-0.15, -0.1) is 0 Å². The van der Waals surface area contributed by atoms with E-state index in [4.69, 9.17) is 11.6 Å². The molecule has 0 aliphatic heterocycles. The summed E-state index contributed by atoms with van der Waals surface area (Å²) in [6.45, 7) is 0. The minimum absolute atomic E-state index is 0.283. The quantitative estimate of drug-likeness (QED) is 0.694. The predicted molar refractivity (Wildman–Crippen MR) is 49.6 cm³/mol. The van der Waals surface area contributed by atoms with Crippen LogP contribution >= 0.6 is 11.6 Å². The van der Waals surface area contributed by atoms with Crippen LogP contribution in [0.4, 0.5) is 0 Å². The Morgan fingerprint density at radius 2 is 2.21 bits per heavy atom. The van der Waals surface area contributed by atoms with Gasteiger partial charge >= 0.3 is 0 Å². The first kappa shape index (κ1) is 8.83. The Hall–Kier alpha value is -1.75. The molecule has 70 valence electrons. The van der Waals surface area contributed by atoms with Crippen LogP contribution in [0.25, 0.3) is 5.82 Å². The largest absolute Gasteiger partial charge is 0.298 e. The molecule has 0 bridgehead atoms. The van der Waals surface area contributed by atoms with Gasteiger partial charge in [-0.3, -0.25) is 9.78 Å². The summed E-state index contributed by atoms with van der Waals surface area (Å²) in [7, 11) is 0. The van der Waals surface area contributed by atoms with Crippen LogP contribution in [0.15, 0.2) is 24.8 Å². The third-order valence-electron chi connectivity index (χ3n) is 1.57. The standard InChI is InChI=1S/C8H5ClN4O/c9-7-2-10-3-8(12-7)13-4-6(5-14)1-11-13/h1-5H. The third-order valence-corrected chi connectivity index (χ3v) is 1.75. The van der Waals surface area contributed by atoms with Crippen molar-refractivity contribution in [1.29, 1.82) is 0 Å². The molecule has 2 aromatic rings. The molecule has 5 nitrogen and oxygen atoms in total. The molecule has 14 heavy (non-hydrogen) atoms. The maximum Gasteiger partial charge on any atom is 0.173 e. The lowest BCUT2D eigenvalue weighted by molar-refractivity contribution is 0.112. The second-order valence-corrected chi connectivity index (χ2v) is 2.92. The monoisotopic (exact) mass is 208 g/mol. The van der Waals surface area contributed by atoms with Gasteiger partial charge in [-0.05, 0) is 0 Å². The van der Waals surface area contributed by atoms with E-state index >= 15 is 0 Å². The highest BCUT2D eigenvalue weighted by atomic mass is 35.5. The molecule has 0 atom stereocenters. The van der Waals surface area contributed by atoms with Crippen LogP contribution in [0.5, 0.6) is 0 Å². The third kappa shape index (κ3) is 1.62. The molecule has 6 heteroatoms. The molecule has 0 spiro atoms. The number of hydrogen-bond acceptors (Lipinski definition) is 4.